The Hall–Kier alpha value is -1.53. The van der Waals surface area contributed by atoms with Crippen LogP contribution in [0.3, 0.4) is 0 Å². The Morgan fingerprint density at radius 1 is 1.10 bits per heavy atom. The van der Waals surface area contributed by atoms with Crippen LogP contribution in [0.4, 0.5) is 11.4 Å². The van der Waals surface area contributed by atoms with Gasteiger partial charge in [-0.05, 0) is 59.6 Å². The molecule has 0 heterocycles. The summed E-state index contributed by atoms with van der Waals surface area (Å²) in [6, 6.07) is 10.1. The van der Waals surface area contributed by atoms with Crippen LogP contribution in [-0.4, -0.2) is 8.42 Å². The lowest BCUT2D eigenvalue weighted by Gasteiger charge is -2.12. The molecule has 0 bridgehead atoms. The topological polar surface area (TPSA) is 72.2 Å². The number of nitrogens with two attached hydrogens (primary N) is 1. The molecule has 0 saturated heterocycles. The summed E-state index contributed by atoms with van der Waals surface area (Å²) < 4.78 is 27.8. The maximum Gasteiger partial charge on any atom is 0.261 e. The Kier molecular flexibility index (Phi) is 4.06. The van der Waals surface area contributed by atoms with E-state index in [1.54, 1.807) is 12.1 Å². The number of benzene rings is 2. The van der Waals surface area contributed by atoms with E-state index in [-0.39, 0.29) is 4.90 Å². The van der Waals surface area contributed by atoms with E-state index in [4.69, 9.17) is 5.73 Å². The third-order valence-corrected chi connectivity index (χ3v) is 4.96. The number of anilines is 2. The molecule has 0 fully saturated rings. The lowest BCUT2D eigenvalue weighted by Crippen LogP contribution is -2.14. The summed E-state index contributed by atoms with van der Waals surface area (Å²) in [6.45, 7) is 3.83. The standard InChI is InChI=1S/C14H15BrN2O2S/c1-9-3-6-14(10(2)7-9)17-20(18,19)11-4-5-13(16)12(15)8-11/h3-8,17H,16H2,1-2H3. The van der Waals surface area contributed by atoms with E-state index < -0.39 is 10.0 Å². The van der Waals surface area contributed by atoms with Gasteiger partial charge in [0.1, 0.15) is 0 Å². The van der Waals surface area contributed by atoms with Crippen molar-refractivity contribution < 1.29 is 8.42 Å². The van der Waals surface area contributed by atoms with Crippen LogP contribution in [0.25, 0.3) is 0 Å². The van der Waals surface area contributed by atoms with E-state index in [2.05, 4.69) is 20.7 Å². The Morgan fingerprint density at radius 3 is 2.40 bits per heavy atom. The van der Waals surface area contributed by atoms with Gasteiger partial charge in [0.05, 0.1) is 10.6 Å². The van der Waals surface area contributed by atoms with Crippen LogP contribution < -0.4 is 10.5 Å². The van der Waals surface area contributed by atoms with Crippen molar-refractivity contribution in [3.8, 4) is 0 Å². The molecule has 2 rings (SSSR count). The summed E-state index contributed by atoms with van der Waals surface area (Å²) in [5.74, 6) is 0. The summed E-state index contributed by atoms with van der Waals surface area (Å²) in [5, 5.41) is 0. The first-order chi connectivity index (χ1) is 9.29. The zero-order valence-corrected chi connectivity index (χ0v) is 13.5. The largest absolute Gasteiger partial charge is 0.398 e. The van der Waals surface area contributed by atoms with E-state index in [0.717, 1.165) is 11.1 Å². The van der Waals surface area contributed by atoms with Gasteiger partial charge in [-0.25, -0.2) is 8.42 Å². The third-order valence-electron chi connectivity index (χ3n) is 2.91. The Labute approximate surface area is 127 Å². The highest BCUT2D eigenvalue weighted by molar-refractivity contribution is 9.10. The van der Waals surface area contributed by atoms with Crippen LogP contribution in [0.5, 0.6) is 0 Å². The molecule has 106 valence electrons. The summed E-state index contributed by atoms with van der Waals surface area (Å²) in [5.41, 5.74) is 8.69. The monoisotopic (exact) mass is 354 g/mol. The van der Waals surface area contributed by atoms with Gasteiger partial charge in [-0.1, -0.05) is 17.7 Å². The second kappa shape index (κ2) is 5.46. The molecule has 0 amide bonds. The van der Waals surface area contributed by atoms with Crippen molar-refractivity contribution in [2.75, 3.05) is 10.5 Å². The average molecular weight is 355 g/mol. The lowest BCUT2D eigenvalue weighted by molar-refractivity contribution is 0.601. The van der Waals surface area contributed by atoms with Gasteiger partial charge in [0.25, 0.3) is 10.0 Å². The molecule has 2 aromatic rings. The highest BCUT2D eigenvalue weighted by atomic mass is 79.9. The fourth-order valence-electron chi connectivity index (χ4n) is 1.81. The maximum atomic E-state index is 12.3. The molecule has 4 nitrogen and oxygen atoms in total. The number of aryl methyl sites for hydroxylation is 2. The van der Waals surface area contributed by atoms with E-state index in [0.29, 0.717) is 15.8 Å². The molecular formula is C14H15BrN2O2S. The van der Waals surface area contributed by atoms with Gasteiger partial charge in [0, 0.05) is 10.2 Å². The Balaban J connectivity index is 2.38. The molecule has 0 aliphatic carbocycles. The predicted octanol–water partition coefficient (Wildman–Crippen LogP) is 3.45. The molecule has 20 heavy (non-hydrogen) atoms. The second-order valence-electron chi connectivity index (χ2n) is 4.61. The molecule has 0 spiro atoms. The fraction of sp³-hybridized carbons (Fsp3) is 0.143. The van der Waals surface area contributed by atoms with Crippen LogP contribution >= 0.6 is 15.9 Å². The van der Waals surface area contributed by atoms with Crippen LogP contribution in [0, 0.1) is 13.8 Å². The number of nitrogen functional groups attached to an aromatic ring is 1. The minimum atomic E-state index is -3.62. The average Bonchev–Trinajstić information content (AvgIpc) is 2.36. The number of nitrogens with one attached hydrogen (secondary N) is 1. The van der Waals surface area contributed by atoms with Crippen molar-refractivity contribution >= 4 is 37.3 Å². The maximum absolute atomic E-state index is 12.3. The first kappa shape index (κ1) is 14.9. The Morgan fingerprint density at radius 2 is 1.80 bits per heavy atom. The molecular weight excluding hydrogens is 340 g/mol. The van der Waals surface area contributed by atoms with Crippen molar-refractivity contribution in [3.63, 3.8) is 0 Å². The van der Waals surface area contributed by atoms with Crippen LogP contribution in [0.15, 0.2) is 45.8 Å². The number of hydrogen-bond acceptors (Lipinski definition) is 3. The van der Waals surface area contributed by atoms with E-state index in [1.165, 1.54) is 12.1 Å². The summed E-state index contributed by atoms with van der Waals surface area (Å²) >= 11 is 3.23. The fourth-order valence-corrected chi connectivity index (χ4v) is 3.49. The first-order valence-corrected chi connectivity index (χ1v) is 8.22. The van der Waals surface area contributed by atoms with E-state index >= 15 is 0 Å². The van der Waals surface area contributed by atoms with Crippen LogP contribution in [0.1, 0.15) is 11.1 Å². The second-order valence-corrected chi connectivity index (χ2v) is 7.14. The molecule has 0 saturated carbocycles. The van der Waals surface area contributed by atoms with Gasteiger partial charge in [-0.15, -0.1) is 0 Å². The van der Waals surface area contributed by atoms with Gasteiger partial charge < -0.3 is 5.73 Å². The van der Waals surface area contributed by atoms with Gasteiger partial charge >= 0.3 is 0 Å². The summed E-state index contributed by atoms with van der Waals surface area (Å²) in [4.78, 5) is 0.165. The molecule has 3 N–H and O–H groups in total. The number of rotatable bonds is 3. The van der Waals surface area contributed by atoms with E-state index in [1.807, 2.05) is 26.0 Å². The normalized spacial score (nSPS) is 11.3. The molecule has 0 aliphatic heterocycles. The highest BCUT2D eigenvalue weighted by Gasteiger charge is 2.16. The molecule has 0 aliphatic rings. The molecule has 0 atom stereocenters. The van der Waals surface area contributed by atoms with Crippen molar-refractivity contribution in [1.82, 2.24) is 0 Å². The molecule has 0 unspecified atom stereocenters. The zero-order valence-electron chi connectivity index (χ0n) is 11.1. The van der Waals surface area contributed by atoms with E-state index in [9.17, 15) is 8.42 Å². The minimum Gasteiger partial charge on any atom is -0.398 e. The van der Waals surface area contributed by atoms with Gasteiger partial charge in [0.15, 0.2) is 0 Å². The summed E-state index contributed by atoms with van der Waals surface area (Å²) in [7, 11) is -3.62. The SMILES string of the molecule is Cc1ccc(NS(=O)(=O)c2ccc(N)c(Br)c2)c(C)c1. The summed E-state index contributed by atoms with van der Waals surface area (Å²) in [6.07, 6.45) is 0. The number of sulfonamides is 1. The minimum absolute atomic E-state index is 0.165. The third kappa shape index (κ3) is 3.13. The predicted molar refractivity (Wildman–Crippen MR) is 85.3 cm³/mol. The lowest BCUT2D eigenvalue weighted by atomic mass is 10.1. The molecule has 0 aromatic heterocycles. The van der Waals surface area contributed by atoms with Crippen molar-refractivity contribution in [2.24, 2.45) is 0 Å². The van der Waals surface area contributed by atoms with Crippen LogP contribution in [0.2, 0.25) is 0 Å². The molecule has 0 radical (unpaired) electrons. The first-order valence-electron chi connectivity index (χ1n) is 5.95. The van der Waals surface area contributed by atoms with Crippen molar-refractivity contribution in [3.05, 3.63) is 52.0 Å². The smallest absolute Gasteiger partial charge is 0.261 e. The quantitative estimate of drug-likeness (QED) is 0.829. The van der Waals surface area contributed by atoms with Gasteiger partial charge in [-0.3, -0.25) is 4.72 Å². The number of halogens is 1. The zero-order chi connectivity index (χ0) is 14.9. The number of hydrogen-bond donors (Lipinski definition) is 2. The van der Waals surface area contributed by atoms with Crippen LogP contribution in [-0.2, 0) is 10.0 Å². The molecule has 6 heteroatoms. The molecule has 2 aromatic carbocycles. The van der Waals surface area contributed by atoms with Gasteiger partial charge in [0.2, 0.25) is 0 Å². The highest BCUT2D eigenvalue weighted by Crippen LogP contribution is 2.25. The Bertz CT molecular complexity index is 758. The van der Waals surface area contributed by atoms with Crippen molar-refractivity contribution in [2.45, 2.75) is 18.7 Å². The van der Waals surface area contributed by atoms with Crippen molar-refractivity contribution in [1.29, 1.82) is 0 Å². The van der Waals surface area contributed by atoms with Gasteiger partial charge in [-0.2, -0.15) is 0 Å².